The van der Waals surface area contributed by atoms with Crippen LogP contribution in [-0.4, -0.2) is 34.6 Å². The molecule has 0 bridgehead atoms. The maximum Gasteiger partial charge on any atom is 2.00 e. The van der Waals surface area contributed by atoms with Crippen LogP contribution in [0.5, 0.6) is 0 Å². The first-order valence-electron chi connectivity index (χ1n) is 2.83. The minimum Gasteiger partial charge on any atom is -0.530 e. The molecule has 10 N–H and O–H groups in total. The van der Waals surface area contributed by atoms with Gasteiger partial charge in [-0.15, -0.1) is 0 Å². The normalized spacial score (nSPS) is 5.65. The quantitative estimate of drug-likeness (QED) is 0.238. The van der Waals surface area contributed by atoms with Crippen molar-refractivity contribution in [3.63, 3.8) is 0 Å². The van der Waals surface area contributed by atoms with Gasteiger partial charge in [0.2, 0.25) is 0 Å². The van der Waals surface area contributed by atoms with Crippen molar-refractivity contribution in [1.82, 2.24) is 0 Å². The second kappa shape index (κ2) is 23.5. The van der Waals surface area contributed by atoms with Gasteiger partial charge < -0.3 is 52.9 Å². The SMILES string of the molecule is NC(=O)O.NC(=O)O.NC(=O)[O-].NC(=O)[O-].[Zn+2]. The number of rotatable bonds is 0. The Morgan fingerprint density at radius 3 is 0.706 bits per heavy atom. The molecule has 0 aliphatic heterocycles. The molecular formula is C4H10N4O8Zn. The molecule has 0 saturated heterocycles. The molecule has 0 fully saturated rings. The Hall–Kier alpha value is -2.30. The van der Waals surface area contributed by atoms with Crippen LogP contribution in [-0.2, 0) is 19.5 Å². The molecule has 0 saturated carbocycles. The Balaban J connectivity index is -0.0000000369. The largest absolute Gasteiger partial charge is 2.00 e. The maximum absolute atomic E-state index is 8.78. The van der Waals surface area contributed by atoms with Gasteiger partial charge >= 0.3 is 31.7 Å². The molecule has 0 radical (unpaired) electrons. The third-order valence-electron chi connectivity index (χ3n) is 0. The van der Waals surface area contributed by atoms with E-state index in [0.717, 1.165) is 0 Å². The van der Waals surface area contributed by atoms with Crippen molar-refractivity contribution in [2.24, 2.45) is 22.9 Å². The van der Waals surface area contributed by atoms with Crippen molar-refractivity contribution < 1.29 is 59.1 Å². The molecule has 17 heavy (non-hydrogen) atoms. The molecule has 0 aliphatic rings. The average molecular weight is 308 g/mol. The minimum absolute atomic E-state index is 0. The number of carbonyl (C=O) groups is 4. The van der Waals surface area contributed by atoms with Crippen LogP contribution in [0.15, 0.2) is 0 Å². The number of hydrogen-bond acceptors (Lipinski definition) is 6. The van der Waals surface area contributed by atoms with E-state index in [-0.39, 0.29) is 19.5 Å². The fourth-order valence-electron chi connectivity index (χ4n) is 0. The van der Waals surface area contributed by atoms with Gasteiger partial charge in [0.25, 0.3) is 0 Å². The Kier molecular flexibility index (Phi) is 40.5. The summed E-state index contributed by atoms with van der Waals surface area (Å²) in [6, 6.07) is 0. The first kappa shape index (κ1) is 29.3. The van der Waals surface area contributed by atoms with Crippen LogP contribution >= 0.6 is 0 Å². The van der Waals surface area contributed by atoms with Gasteiger partial charge in [0.1, 0.15) is 12.2 Å². The van der Waals surface area contributed by atoms with E-state index in [2.05, 4.69) is 22.9 Å². The van der Waals surface area contributed by atoms with Crippen molar-refractivity contribution in [2.45, 2.75) is 0 Å². The molecule has 4 amide bonds. The van der Waals surface area contributed by atoms with Gasteiger partial charge in [0.15, 0.2) is 0 Å². The first-order chi connectivity index (χ1) is 6.93. The van der Waals surface area contributed by atoms with Crippen LogP contribution in [0.3, 0.4) is 0 Å². The van der Waals surface area contributed by atoms with Gasteiger partial charge in [-0.05, 0) is 0 Å². The van der Waals surface area contributed by atoms with Crippen LogP contribution in [0.25, 0.3) is 0 Å². The number of carboxylic acid groups (broad SMARTS) is 4. The first-order valence-corrected chi connectivity index (χ1v) is 2.83. The molecule has 0 aromatic rings. The minimum atomic E-state index is -1.58. The van der Waals surface area contributed by atoms with Gasteiger partial charge in [-0.3, -0.25) is 0 Å². The van der Waals surface area contributed by atoms with E-state index in [4.69, 9.17) is 39.6 Å². The van der Waals surface area contributed by atoms with Crippen molar-refractivity contribution >= 4 is 24.4 Å². The van der Waals surface area contributed by atoms with E-state index in [1.54, 1.807) is 0 Å². The van der Waals surface area contributed by atoms with Crippen molar-refractivity contribution in [1.29, 1.82) is 0 Å². The molecule has 0 atom stereocenters. The standard InChI is InChI=1S/4CH3NO2.Zn/c4*2-1(3)4;/h4*2H2,(H,3,4);/q;;;;+2/p-2. The van der Waals surface area contributed by atoms with Crippen LogP contribution in [0.2, 0.25) is 0 Å². The molecular weight excluding hydrogens is 297 g/mol. The van der Waals surface area contributed by atoms with Gasteiger partial charge in [-0.25, -0.2) is 9.59 Å². The number of nitrogens with two attached hydrogens (primary N) is 4. The monoisotopic (exact) mass is 306 g/mol. The fraction of sp³-hybridized carbons (Fsp3) is 0. The molecule has 0 spiro atoms. The molecule has 0 heterocycles. The van der Waals surface area contributed by atoms with Crippen molar-refractivity contribution in [3.05, 3.63) is 0 Å². The molecule has 0 unspecified atom stereocenters. The molecule has 0 rings (SSSR count). The van der Waals surface area contributed by atoms with Crippen LogP contribution in [0.4, 0.5) is 19.2 Å². The summed E-state index contributed by atoms with van der Waals surface area (Å²) >= 11 is 0. The Labute approximate surface area is 107 Å². The van der Waals surface area contributed by atoms with Crippen LogP contribution in [0, 0.1) is 0 Å². The Morgan fingerprint density at radius 1 is 0.706 bits per heavy atom. The maximum atomic E-state index is 8.78. The Morgan fingerprint density at radius 2 is 0.706 bits per heavy atom. The van der Waals surface area contributed by atoms with E-state index in [9.17, 15) is 0 Å². The van der Waals surface area contributed by atoms with Crippen LogP contribution in [0.1, 0.15) is 0 Å². The molecule has 0 aromatic carbocycles. The van der Waals surface area contributed by atoms with E-state index in [1.165, 1.54) is 0 Å². The zero-order chi connectivity index (χ0) is 14.3. The molecule has 0 aromatic heterocycles. The predicted octanol–water partition coefficient (Wildman–Crippen LogP) is -4.18. The zero-order valence-corrected chi connectivity index (χ0v) is 11.3. The number of hydrogen-bond donors (Lipinski definition) is 6. The van der Waals surface area contributed by atoms with E-state index in [1.807, 2.05) is 0 Å². The Bertz CT molecular complexity index is 170. The summed E-state index contributed by atoms with van der Waals surface area (Å²) in [5, 5.41) is 31.7. The zero-order valence-electron chi connectivity index (χ0n) is 8.36. The van der Waals surface area contributed by atoms with E-state index >= 15 is 0 Å². The van der Waals surface area contributed by atoms with Gasteiger partial charge in [0, 0.05) is 0 Å². The summed E-state index contributed by atoms with van der Waals surface area (Å²) in [5.41, 5.74) is 15.9. The average Bonchev–Trinajstić information content (AvgIpc) is 1.76. The fourth-order valence-corrected chi connectivity index (χ4v) is 0. The summed E-state index contributed by atoms with van der Waals surface area (Å²) in [5.74, 6) is 0. The van der Waals surface area contributed by atoms with Gasteiger partial charge in [0.05, 0.1) is 0 Å². The molecule has 96 valence electrons. The molecule has 0 aliphatic carbocycles. The third kappa shape index (κ3) is 356. The second-order valence-electron chi connectivity index (χ2n) is 1.31. The summed E-state index contributed by atoms with van der Waals surface area (Å²) in [6.45, 7) is 0. The number of amides is 4. The summed E-state index contributed by atoms with van der Waals surface area (Å²) in [7, 11) is 0. The smallest absolute Gasteiger partial charge is 0.530 e. The molecule has 12 nitrogen and oxygen atoms in total. The summed E-state index contributed by atoms with van der Waals surface area (Å²) in [6.07, 6.45) is -5.83. The second-order valence-corrected chi connectivity index (χ2v) is 1.31. The van der Waals surface area contributed by atoms with Crippen molar-refractivity contribution in [3.8, 4) is 0 Å². The van der Waals surface area contributed by atoms with Crippen molar-refractivity contribution in [2.75, 3.05) is 0 Å². The molecule has 13 heteroatoms. The van der Waals surface area contributed by atoms with E-state index in [0.29, 0.717) is 0 Å². The summed E-state index contributed by atoms with van der Waals surface area (Å²) < 4.78 is 0. The third-order valence-corrected chi connectivity index (χ3v) is 0. The van der Waals surface area contributed by atoms with Crippen LogP contribution < -0.4 is 33.1 Å². The number of carbonyl (C=O) groups excluding carboxylic acids is 2. The topological polar surface area (TPSA) is 259 Å². The summed E-state index contributed by atoms with van der Waals surface area (Å²) in [4.78, 5) is 34.9. The van der Waals surface area contributed by atoms with E-state index < -0.39 is 24.4 Å². The van der Waals surface area contributed by atoms with Gasteiger partial charge in [-0.2, -0.15) is 0 Å². The number of primary amides is 4. The van der Waals surface area contributed by atoms with Gasteiger partial charge in [-0.1, -0.05) is 0 Å². The predicted molar refractivity (Wildman–Crippen MR) is 43.6 cm³/mol.